The van der Waals surface area contributed by atoms with Gasteiger partial charge < -0.3 is 30.3 Å². The van der Waals surface area contributed by atoms with E-state index in [0.29, 0.717) is 0 Å². The molecule has 3 rings (SSSR count). The van der Waals surface area contributed by atoms with Gasteiger partial charge >= 0.3 is 0 Å². The molecule has 0 saturated heterocycles. The fourth-order valence-corrected chi connectivity index (χ4v) is 1.64. The van der Waals surface area contributed by atoms with Crippen LogP contribution < -0.4 is 4.57 Å². The van der Waals surface area contributed by atoms with Crippen molar-refractivity contribution < 1.29 is 21.6 Å². The third kappa shape index (κ3) is 5.83. The Balaban J connectivity index is 0.000000283. The first-order valence-corrected chi connectivity index (χ1v) is 6.36. The second-order valence-corrected chi connectivity index (χ2v) is 4.31. The van der Waals surface area contributed by atoms with Crippen molar-refractivity contribution in [3.63, 3.8) is 0 Å². The summed E-state index contributed by atoms with van der Waals surface area (Å²) in [4.78, 5) is 0. The summed E-state index contributed by atoms with van der Waals surface area (Å²) < 4.78 is 2.03. The molecular weight excluding hydrogens is 286 g/mol. The van der Waals surface area contributed by atoms with Gasteiger partial charge in [0.15, 0.2) is 12.4 Å². The maximum Gasteiger partial charge on any atom is 0.168 e. The molecule has 0 aliphatic carbocycles. The first-order chi connectivity index (χ1) is 9.34. The average Bonchev–Trinajstić information content (AvgIpc) is 3.14. The Morgan fingerprint density at radius 1 is 0.950 bits per heavy atom. The number of nitrogens with zero attached hydrogens (tertiary/aromatic N) is 1. The van der Waals surface area contributed by atoms with Crippen LogP contribution in [0.3, 0.4) is 0 Å². The molecule has 0 unspecified atom stereocenters. The Bertz CT molecular complexity index is 558. The Labute approximate surface area is 131 Å². The third-order valence-corrected chi connectivity index (χ3v) is 2.72. The Kier molecular flexibility index (Phi) is 7.34. The molecular formula is C18H18FeN-5. The van der Waals surface area contributed by atoms with Crippen LogP contribution in [0.15, 0.2) is 79.1 Å². The van der Waals surface area contributed by atoms with E-state index < -0.39 is 0 Å². The zero-order valence-corrected chi connectivity index (χ0v) is 12.6. The molecule has 3 aromatic rings. The van der Waals surface area contributed by atoms with Crippen molar-refractivity contribution in [1.29, 1.82) is 0 Å². The first kappa shape index (κ1) is 16.2. The summed E-state index contributed by atoms with van der Waals surface area (Å²) in [5.41, 5.74) is 2.47. The van der Waals surface area contributed by atoms with Crippen molar-refractivity contribution in [2.45, 2.75) is 0 Å². The summed E-state index contributed by atoms with van der Waals surface area (Å²) in [6.07, 6.45) is 8.33. The molecule has 108 valence electrons. The molecule has 1 aromatic heterocycles. The summed E-state index contributed by atoms with van der Waals surface area (Å²) in [5.74, 6) is 0. The van der Waals surface area contributed by atoms with Crippen LogP contribution in [0.25, 0.3) is 12.2 Å². The number of hydrogen-bond donors (Lipinski definition) is 0. The third-order valence-electron chi connectivity index (χ3n) is 2.72. The molecule has 2 heteroatoms. The topological polar surface area (TPSA) is 3.88 Å². The van der Waals surface area contributed by atoms with Gasteiger partial charge in [0.2, 0.25) is 0 Å². The van der Waals surface area contributed by atoms with E-state index in [9.17, 15) is 0 Å². The minimum atomic E-state index is 0. The number of rotatable bonds is 2. The second kappa shape index (κ2) is 9.08. The van der Waals surface area contributed by atoms with E-state index in [2.05, 4.69) is 36.4 Å². The van der Waals surface area contributed by atoms with Crippen molar-refractivity contribution in [3.8, 4) is 0 Å². The fraction of sp³-hybridized carbons (Fsp3) is 0.0556. The number of aromatic nitrogens is 1. The van der Waals surface area contributed by atoms with Crippen LogP contribution >= 0.6 is 0 Å². The Morgan fingerprint density at radius 2 is 1.45 bits per heavy atom. The fourth-order valence-electron chi connectivity index (χ4n) is 1.64. The molecule has 0 bridgehead atoms. The predicted molar refractivity (Wildman–Crippen MR) is 80.6 cm³/mol. The molecule has 1 heterocycles. The van der Waals surface area contributed by atoms with Gasteiger partial charge in [0.1, 0.15) is 7.05 Å². The molecule has 0 amide bonds. The zero-order valence-electron chi connectivity index (χ0n) is 11.5. The molecule has 2 aromatic carbocycles. The number of aryl methyl sites for hydroxylation is 1. The Morgan fingerprint density at radius 3 is 1.95 bits per heavy atom. The van der Waals surface area contributed by atoms with Gasteiger partial charge in [-0.15, -0.1) is 29.8 Å². The quantitative estimate of drug-likeness (QED) is 0.385. The monoisotopic (exact) mass is 304 g/mol. The average molecular weight is 304 g/mol. The number of hydrogen-bond acceptors (Lipinski definition) is 0. The van der Waals surface area contributed by atoms with Crippen LogP contribution in [0, 0.1) is 0 Å². The molecule has 0 fully saturated rings. The van der Waals surface area contributed by atoms with Gasteiger partial charge in [-0.2, -0.15) is 12.1 Å². The van der Waals surface area contributed by atoms with Crippen molar-refractivity contribution in [2.75, 3.05) is 0 Å². The summed E-state index contributed by atoms with van der Waals surface area (Å²) >= 11 is 0. The van der Waals surface area contributed by atoms with E-state index in [1.807, 2.05) is 66.5 Å². The zero-order chi connectivity index (χ0) is 13.3. The van der Waals surface area contributed by atoms with Gasteiger partial charge in [-0.3, -0.25) is 0 Å². The minimum Gasteiger partial charge on any atom is -0.748 e. The van der Waals surface area contributed by atoms with Crippen LogP contribution in [-0.2, 0) is 24.1 Å². The van der Waals surface area contributed by atoms with E-state index in [4.69, 9.17) is 0 Å². The molecule has 0 aliphatic rings. The molecule has 0 saturated carbocycles. The van der Waals surface area contributed by atoms with Crippen LogP contribution in [0.4, 0.5) is 0 Å². The van der Waals surface area contributed by atoms with Crippen molar-refractivity contribution >= 4 is 12.2 Å². The first-order valence-electron chi connectivity index (χ1n) is 6.36. The van der Waals surface area contributed by atoms with E-state index >= 15 is 0 Å². The second-order valence-electron chi connectivity index (χ2n) is 4.31. The summed E-state index contributed by atoms with van der Waals surface area (Å²) in [5, 5.41) is 0. The molecule has 0 radical (unpaired) electrons. The molecule has 0 spiro atoms. The smallest absolute Gasteiger partial charge is 0.168 e. The molecule has 0 aliphatic heterocycles. The van der Waals surface area contributed by atoms with E-state index in [0.717, 1.165) is 0 Å². The van der Waals surface area contributed by atoms with Crippen molar-refractivity contribution in [3.05, 3.63) is 90.3 Å². The SMILES string of the molecule is C[n+]1ccc(C=C[c-]2cccc2)cc1.[Fe].[cH-]1[cH-][cH-][cH-][cH-]1. The van der Waals surface area contributed by atoms with Gasteiger partial charge in [-0.25, -0.2) is 4.57 Å². The van der Waals surface area contributed by atoms with Crippen LogP contribution in [0.5, 0.6) is 0 Å². The van der Waals surface area contributed by atoms with Gasteiger partial charge in [0.25, 0.3) is 0 Å². The van der Waals surface area contributed by atoms with Crippen LogP contribution in [0.1, 0.15) is 11.1 Å². The molecule has 0 N–H and O–H groups in total. The molecule has 20 heavy (non-hydrogen) atoms. The van der Waals surface area contributed by atoms with E-state index in [1.54, 1.807) is 0 Å². The van der Waals surface area contributed by atoms with Crippen LogP contribution in [0.2, 0.25) is 0 Å². The van der Waals surface area contributed by atoms with Gasteiger partial charge in [-0.05, 0) is 0 Å². The summed E-state index contributed by atoms with van der Waals surface area (Å²) in [6.45, 7) is 0. The normalized spacial score (nSPS) is 9.65. The Hall–Kier alpha value is -1.89. The maximum atomic E-state index is 2.12. The predicted octanol–water partition coefficient (Wildman–Crippen LogP) is 3.80. The van der Waals surface area contributed by atoms with Crippen molar-refractivity contribution in [2.24, 2.45) is 7.05 Å². The minimum absolute atomic E-state index is 0. The standard InChI is InChI=1S/C13H13N.C5H5.Fe/c1-14-10-8-13(9-11-14)7-6-12-4-2-3-5-12;1-2-4-5-3-1;/h2-11H,1H3;1-5H;/q;-5;. The number of pyridine rings is 1. The van der Waals surface area contributed by atoms with E-state index in [1.165, 1.54) is 11.1 Å². The molecule has 0 atom stereocenters. The maximum absolute atomic E-state index is 2.12. The largest absolute Gasteiger partial charge is 0.748 e. The van der Waals surface area contributed by atoms with Gasteiger partial charge in [-0.1, -0.05) is 5.56 Å². The van der Waals surface area contributed by atoms with Gasteiger partial charge in [0.05, 0.1) is 0 Å². The van der Waals surface area contributed by atoms with Gasteiger partial charge in [0, 0.05) is 29.2 Å². The summed E-state index contributed by atoms with van der Waals surface area (Å²) in [6, 6.07) is 22.5. The van der Waals surface area contributed by atoms with Crippen LogP contribution in [-0.4, -0.2) is 0 Å². The molecule has 1 nitrogen and oxygen atoms in total. The summed E-state index contributed by atoms with van der Waals surface area (Å²) in [7, 11) is 2.02. The van der Waals surface area contributed by atoms with Crippen molar-refractivity contribution in [1.82, 2.24) is 0 Å². The van der Waals surface area contributed by atoms with E-state index in [-0.39, 0.29) is 17.1 Å².